The summed E-state index contributed by atoms with van der Waals surface area (Å²) in [7, 11) is 0. The number of carbonyl (C=O) groups excluding carboxylic acids is 1. The molecule has 0 bridgehead atoms. The Labute approximate surface area is 140 Å². The molecule has 0 N–H and O–H groups in total. The molecule has 3 rings (SSSR count). The van der Waals surface area contributed by atoms with E-state index in [9.17, 15) is 4.79 Å². The zero-order valence-electron chi connectivity index (χ0n) is 12.5. The molecule has 114 valence electrons. The van der Waals surface area contributed by atoms with E-state index in [2.05, 4.69) is 40.2 Å². The Hall–Kier alpha value is -1.61. The Morgan fingerprint density at radius 3 is 2.45 bits per heavy atom. The number of likely N-dealkylation sites (tertiary alicyclic amines) is 1. The zero-order chi connectivity index (χ0) is 15.4. The monoisotopic (exact) mass is 357 g/mol. The van der Waals surface area contributed by atoms with Crippen LogP contribution in [0.1, 0.15) is 41.1 Å². The minimum atomic E-state index is 0.148. The quantitative estimate of drug-likeness (QED) is 0.751. The van der Waals surface area contributed by atoms with Crippen molar-refractivity contribution < 1.29 is 4.79 Å². The molecule has 1 amide bonds. The van der Waals surface area contributed by atoms with Crippen LogP contribution < -0.4 is 0 Å². The molecule has 2 nitrogen and oxygen atoms in total. The van der Waals surface area contributed by atoms with E-state index >= 15 is 0 Å². The molecule has 3 heteroatoms. The molecule has 1 saturated heterocycles. The molecule has 22 heavy (non-hydrogen) atoms. The van der Waals surface area contributed by atoms with E-state index in [4.69, 9.17) is 0 Å². The highest BCUT2D eigenvalue weighted by Crippen LogP contribution is 2.27. The maximum absolute atomic E-state index is 12.8. The van der Waals surface area contributed by atoms with Gasteiger partial charge in [0, 0.05) is 29.0 Å². The molecule has 0 saturated carbocycles. The Morgan fingerprint density at radius 2 is 1.73 bits per heavy atom. The molecule has 1 fully saturated rings. The van der Waals surface area contributed by atoms with Crippen LogP contribution >= 0.6 is 15.9 Å². The minimum Gasteiger partial charge on any atom is -0.338 e. The Morgan fingerprint density at radius 1 is 1.00 bits per heavy atom. The van der Waals surface area contributed by atoms with E-state index in [0.29, 0.717) is 5.92 Å². The Bertz CT molecular complexity index is 624. The molecule has 1 aliphatic rings. The van der Waals surface area contributed by atoms with Crippen LogP contribution in [0.5, 0.6) is 0 Å². The second kappa shape index (κ2) is 7.10. The summed E-state index contributed by atoms with van der Waals surface area (Å²) in [6, 6.07) is 18.2. The van der Waals surface area contributed by atoms with Gasteiger partial charge >= 0.3 is 0 Å². The topological polar surface area (TPSA) is 20.3 Å². The highest BCUT2D eigenvalue weighted by Gasteiger charge is 2.23. The second-order valence-electron chi connectivity index (χ2n) is 5.86. The minimum absolute atomic E-state index is 0.148. The van der Waals surface area contributed by atoms with Crippen LogP contribution in [0.15, 0.2) is 59.1 Å². The summed E-state index contributed by atoms with van der Waals surface area (Å²) >= 11 is 3.42. The predicted molar refractivity (Wildman–Crippen MR) is 93.1 cm³/mol. The normalized spacial score (nSPS) is 18.8. The van der Waals surface area contributed by atoms with E-state index in [0.717, 1.165) is 36.0 Å². The fourth-order valence-electron chi connectivity index (χ4n) is 3.10. The highest BCUT2D eigenvalue weighted by atomic mass is 79.9. The second-order valence-corrected chi connectivity index (χ2v) is 6.78. The van der Waals surface area contributed by atoms with E-state index in [1.807, 2.05) is 35.2 Å². The standard InChI is InChI=1S/C19H20BrNO/c20-18-11-9-16(10-12-18)19(22)21-13-5-4-8-17(14-21)15-6-2-1-3-7-15/h1-3,6-7,9-12,17H,4-5,8,13-14H2. The number of hydrogen-bond donors (Lipinski definition) is 0. The highest BCUT2D eigenvalue weighted by molar-refractivity contribution is 9.10. The van der Waals surface area contributed by atoms with Gasteiger partial charge in [-0.15, -0.1) is 0 Å². The summed E-state index contributed by atoms with van der Waals surface area (Å²) in [5.41, 5.74) is 2.12. The SMILES string of the molecule is O=C(c1ccc(Br)cc1)N1CCCCC(c2ccccc2)C1. The number of nitrogens with zero attached hydrogens (tertiary/aromatic N) is 1. The van der Waals surface area contributed by atoms with Gasteiger partial charge < -0.3 is 4.90 Å². The van der Waals surface area contributed by atoms with Crippen molar-refractivity contribution in [1.29, 1.82) is 0 Å². The van der Waals surface area contributed by atoms with Crippen molar-refractivity contribution in [1.82, 2.24) is 4.90 Å². The summed E-state index contributed by atoms with van der Waals surface area (Å²) < 4.78 is 1.00. The van der Waals surface area contributed by atoms with Crippen molar-refractivity contribution in [2.45, 2.75) is 25.2 Å². The summed E-state index contributed by atoms with van der Waals surface area (Å²) in [5, 5.41) is 0. The van der Waals surface area contributed by atoms with Crippen LogP contribution in [0, 0.1) is 0 Å². The summed E-state index contributed by atoms with van der Waals surface area (Å²) in [5.74, 6) is 0.596. The third-order valence-corrected chi connectivity index (χ3v) is 4.85. The van der Waals surface area contributed by atoms with Gasteiger partial charge in [-0.2, -0.15) is 0 Å². The van der Waals surface area contributed by atoms with E-state index < -0.39 is 0 Å². The van der Waals surface area contributed by atoms with Crippen molar-refractivity contribution >= 4 is 21.8 Å². The molecule has 0 aliphatic carbocycles. The molecule has 1 unspecified atom stereocenters. The summed E-state index contributed by atoms with van der Waals surface area (Å²) in [6.07, 6.45) is 3.43. The van der Waals surface area contributed by atoms with Gasteiger partial charge in [0.15, 0.2) is 0 Å². The van der Waals surface area contributed by atoms with Gasteiger partial charge in [-0.25, -0.2) is 0 Å². The van der Waals surface area contributed by atoms with Crippen molar-refractivity contribution in [3.05, 3.63) is 70.2 Å². The lowest BCUT2D eigenvalue weighted by Crippen LogP contribution is -2.34. The number of benzene rings is 2. The fourth-order valence-corrected chi connectivity index (χ4v) is 3.36. The first-order valence-corrected chi connectivity index (χ1v) is 8.63. The lowest BCUT2D eigenvalue weighted by Gasteiger charge is -2.25. The molecule has 1 heterocycles. The van der Waals surface area contributed by atoms with Gasteiger partial charge in [0.05, 0.1) is 0 Å². The Kier molecular flexibility index (Phi) is 4.94. The molecule has 2 aromatic rings. The molecule has 1 aliphatic heterocycles. The number of rotatable bonds is 2. The molecule has 0 radical (unpaired) electrons. The van der Waals surface area contributed by atoms with Crippen molar-refractivity contribution in [3.63, 3.8) is 0 Å². The molecular weight excluding hydrogens is 338 g/mol. The Balaban J connectivity index is 1.78. The summed E-state index contributed by atoms with van der Waals surface area (Å²) in [4.78, 5) is 14.8. The molecule has 0 spiro atoms. The molecule has 0 aromatic heterocycles. The van der Waals surface area contributed by atoms with Gasteiger partial charge in [-0.1, -0.05) is 52.7 Å². The van der Waals surface area contributed by atoms with Gasteiger partial charge in [0.1, 0.15) is 0 Å². The van der Waals surface area contributed by atoms with Gasteiger partial charge in [0.2, 0.25) is 0 Å². The third kappa shape index (κ3) is 3.58. The molecule has 1 atom stereocenters. The van der Waals surface area contributed by atoms with Crippen LogP contribution in [-0.4, -0.2) is 23.9 Å². The maximum Gasteiger partial charge on any atom is 0.253 e. The lowest BCUT2D eigenvalue weighted by atomic mass is 9.94. The first-order chi connectivity index (χ1) is 10.7. The summed E-state index contributed by atoms with van der Waals surface area (Å²) in [6.45, 7) is 1.68. The van der Waals surface area contributed by atoms with Gasteiger partial charge in [-0.05, 0) is 42.7 Å². The first-order valence-electron chi connectivity index (χ1n) is 7.84. The maximum atomic E-state index is 12.8. The van der Waals surface area contributed by atoms with E-state index in [1.54, 1.807) is 0 Å². The van der Waals surface area contributed by atoms with Crippen LogP contribution in [0.4, 0.5) is 0 Å². The number of carbonyl (C=O) groups is 1. The van der Waals surface area contributed by atoms with Crippen LogP contribution in [0.25, 0.3) is 0 Å². The van der Waals surface area contributed by atoms with Crippen LogP contribution in [-0.2, 0) is 0 Å². The smallest absolute Gasteiger partial charge is 0.253 e. The van der Waals surface area contributed by atoms with Crippen LogP contribution in [0.2, 0.25) is 0 Å². The van der Waals surface area contributed by atoms with E-state index in [-0.39, 0.29) is 5.91 Å². The molecule has 2 aromatic carbocycles. The van der Waals surface area contributed by atoms with Gasteiger partial charge in [0.25, 0.3) is 5.91 Å². The molecular formula is C19H20BrNO. The number of amides is 1. The largest absolute Gasteiger partial charge is 0.338 e. The first kappa shape index (κ1) is 15.3. The average Bonchev–Trinajstić information content (AvgIpc) is 2.82. The number of halogens is 1. The zero-order valence-corrected chi connectivity index (χ0v) is 14.1. The average molecular weight is 358 g/mol. The predicted octanol–water partition coefficient (Wildman–Crippen LogP) is 4.86. The third-order valence-electron chi connectivity index (χ3n) is 4.32. The van der Waals surface area contributed by atoms with Crippen molar-refractivity contribution in [2.75, 3.05) is 13.1 Å². The van der Waals surface area contributed by atoms with Crippen LogP contribution in [0.3, 0.4) is 0 Å². The van der Waals surface area contributed by atoms with E-state index in [1.165, 1.54) is 12.0 Å². The number of hydrogen-bond acceptors (Lipinski definition) is 1. The fraction of sp³-hybridized carbons (Fsp3) is 0.316. The van der Waals surface area contributed by atoms with Crippen molar-refractivity contribution in [2.24, 2.45) is 0 Å². The van der Waals surface area contributed by atoms with Crippen molar-refractivity contribution in [3.8, 4) is 0 Å². The lowest BCUT2D eigenvalue weighted by molar-refractivity contribution is 0.0754. The van der Waals surface area contributed by atoms with Gasteiger partial charge in [-0.3, -0.25) is 4.79 Å².